The van der Waals surface area contributed by atoms with Crippen LogP contribution in [0.1, 0.15) is 19.4 Å². The number of amides is 1. The van der Waals surface area contributed by atoms with E-state index in [2.05, 4.69) is 5.48 Å². The fourth-order valence-electron chi connectivity index (χ4n) is 1.17. The van der Waals surface area contributed by atoms with Gasteiger partial charge >= 0.3 is 0 Å². The first-order valence-electron chi connectivity index (χ1n) is 5.39. The number of carbonyl (C=O) groups is 1. The Hall–Kier alpha value is -1.26. The Morgan fingerprint density at radius 1 is 1.53 bits per heavy atom. The lowest BCUT2D eigenvalue weighted by Crippen LogP contribution is -2.36. The molecule has 4 nitrogen and oxygen atoms in total. The van der Waals surface area contributed by atoms with Crippen molar-refractivity contribution in [3.8, 4) is 5.75 Å². The number of rotatable bonds is 5. The first-order chi connectivity index (χ1) is 8.04. The number of halogens is 1. The Balaban J connectivity index is 2.64. The molecular weight excluding hydrogens is 242 g/mol. The predicted molar refractivity (Wildman–Crippen MR) is 66.0 cm³/mol. The van der Waals surface area contributed by atoms with Crippen LogP contribution in [0.25, 0.3) is 0 Å². The fraction of sp³-hybridized carbons (Fsp3) is 0.417. The third-order valence-electron chi connectivity index (χ3n) is 2.08. The second kappa shape index (κ2) is 6.47. The number of benzene rings is 1. The normalized spacial score (nSPS) is 12.0. The van der Waals surface area contributed by atoms with Crippen molar-refractivity contribution >= 4 is 17.5 Å². The molecule has 0 unspecified atom stereocenters. The van der Waals surface area contributed by atoms with E-state index in [-0.39, 0.29) is 5.91 Å². The summed E-state index contributed by atoms with van der Waals surface area (Å²) in [6.07, 6.45) is -0.666. The standard InChI is InChI=1S/C12H16ClNO3/c1-4-16-14-12(15)9(3)17-11-7-8(2)5-6-10(11)13/h5-7,9H,4H2,1-3H3,(H,14,15)/t9-/m1/s1. The van der Waals surface area contributed by atoms with Gasteiger partial charge in [0.2, 0.25) is 0 Å². The Bertz CT molecular complexity index is 395. The minimum Gasteiger partial charge on any atom is -0.479 e. The highest BCUT2D eigenvalue weighted by atomic mass is 35.5. The zero-order chi connectivity index (χ0) is 12.8. The summed E-state index contributed by atoms with van der Waals surface area (Å²) in [6.45, 7) is 5.74. The van der Waals surface area contributed by atoms with Gasteiger partial charge in [0.25, 0.3) is 5.91 Å². The van der Waals surface area contributed by atoms with Gasteiger partial charge in [-0.15, -0.1) is 0 Å². The van der Waals surface area contributed by atoms with Crippen LogP contribution in [0.5, 0.6) is 5.75 Å². The molecule has 1 aromatic carbocycles. The molecule has 0 aliphatic carbocycles. The van der Waals surface area contributed by atoms with Crippen LogP contribution in [0.2, 0.25) is 5.02 Å². The monoisotopic (exact) mass is 257 g/mol. The van der Waals surface area contributed by atoms with Crippen LogP contribution in [-0.2, 0) is 9.63 Å². The van der Waals surface area contributed by atoms with Gasteiger partial charge in [-0.3, -0.25) is 9.63 Å². The number of nitrogens with one attached hydrogen (secondary N) is 1. The van der Waals surface area contributed by atoms with Crippen molar-refractivity contribution in [2.45, 2.75) is 26.9 Å². The Morgan fingerprint density at radius 3 is 2.88 bits per heavy atom. The highest BCUT2D eigenvalue weighted by molar-refractivity contribution is 6.32. The molecule has 1 N–H and O–H groups in total. The molecule has 0 saturated carbocycles. The van der Waals surface area contributed by atoms with Crippen LogP contribution < -0.4 is 10.2 Å². The molecule has 0 aliphatic heterocycles. The van der Waals surface area contributed by atoms with E-state index < -0.39 is 6.10 Å². The molecular formula is C12H16ClNO3. The van der Waals surface area contributed by atoms with E-state index in [1.165, 1.54) is 0 Å². The Kier molecular flexibility index (Phi) is 5.25. The molecule has 0 fully saturated rings. The largest absolute Gasteiger partial charge is 0.479 e. The fourth-order valence-corrected chi connectivity index (χ4v) is 1.33. The summed E-state index contributed by atoms with van der Waals surface area (Å²) in [5, 5.41) is 0.478. The number of hydroxylamine groups is 1. The number of hydrogen-bond donors (Lipinski definition) is 1. The van der Waals surface area contributed by atoms with Crippen LogP contribution in [-0.4, -0.2) is 18.6 Å². The average Bonchev–Trinajstić information content (AvgIpc) is 2.30. The maximum absolute atomic E-state index is 11.5. The summed E-state index contributed by atoms with van der Waals surface area (Å²) >= 11 is 5.96. The van der Waals surface area contributed by atoms with E-state index in [1.54, 1.807) is 26.0 Å². The van der Waals surface area contributed by atoms with Crippen LogP contribution in [0.4, 0.5) is 0 Å². The van der Waals surface area contributed by atoms with E-state index >= 15 is 0 Å². The smallest absolute Gasteiger partial charge is 0.284 e. The SMILES string of the molecule is CCONC(=O)[C@@H](C)Oc1cc(C)ccc1Cl. The third kappa shape index (κ3) is 4.24. The van der Waals surface area contributed by atoms with Gasteiger partial charge in [-0.1, -0.05) is 17.7 Å². The van der Waals surface area contributed by atoms with Gasteiger partial charge < -0.3 is 4.74 Å². The number of aryl methyl sites for hydroxylation is 1. The van der Waals surface area contributed by atoms with Crippen LogP contribution >= 0.6 is 11.6 Å². The van der Waals surface area contributed by atoms with Crippen molar-refractivity contribution in [3.05, 3.63) is 28.8 Å². The first-order valence-corrected chi connectivity index (χ1v) is 5.76. The lowest BCUT2D eigenvalue weighted by molar-refractivity contribution is -0.139. The number of ether oxygens (including phenoxy) is 1. The lowest BCUT2D eigenvalue weighted by Gasteiger charge is -2.15. The van der Waals surface area contributed by atoms with Gasteiger partial charge in [-0.2, -0.15) is 0 Å². The molecule has 0 radical (unpaired) electrons. The summed E-state index contributed by atoms with van der Waals surface area (Å²) in [7, 11) is 0. The molecule has 0 aromatic heterocycles. The van der Waals surface area contributed by atoms with Crippen LogP contribution in [0, 0.1) is 6.92 Å². The second-order valence-electron chi connectivity index (χ2n) is 3.59. The molecule has 5 heteroatoms. The van der Waals surface area contributed by atoms with Gasteiger partial charge in [0, 0.05) is 0 Å². The Labute approximate surface area is 106 Å². The van der Waals surface area contributed by atoms with Gasteiger partial charge in [-0.25, -0.2) is 5.48 Å². The van der Waals surface area contributed by atoms with Crippen LogP contribution in [0.15, 0.2) is 18.2 Å². The molecule has 0 heterocycles. The molecule has 0 spiro atoms. The van der Waals surface area contributed by atoms with Crippen molar-refractivity contribution in [2.75, 3.05) is 6.61 Å². The molecule has 0 aliphatic rings. The predicted octanol–water partition coefficient (Wildman–Crippen LogP) is 2.48. The van der Waals surface area contributed by atoms with Crippen molar-refractivity contribution in [3.63, 3.8) is 0 Å². The molecule has 94 valence electrons. The minimum absolute atomic E-state index is 0.343. The third-order valence-corrected chi connectivity index (χ3v) is 2.39. The second-order valence-corrected chi connectivity index (χ2v) is 4.00. The van der Waals surface area contributed by atoms with Crippen molar-refractivity contribution in [2.24, 2.45) is 0 Å². The van der Waals surface area contributed by atoms with E-state index in [0.717, 1.165) is 5.56 Å². The van der Waals surface area contributed by atoms with Gasteiger partial charge in [0.15, 0.2) is 6.10 Å². The molecule has 1 atom stereocenters. The molecule has 1 aromatic rings. The van der Waals surface area contributed by atoms with E-state index in [9.17, 15) is 4.79 Å². The van der Waals surface area contributed by atoms with Crippen molar-refractivity contribution in [1.29, 1.82) is 0 Å². The molecule has 0 saturated heterocycles. The zero-order valence-corrected chi connectivity index (χ0v) is 10.9. The number of hydrogen-bond acceptors (Lipinski definition) is 3. The van der Waals surface area contributed by atoms with E-state index in [1.807, 2.05) is 13.0 Å². The molecule has 0 bridgehead atoms. The maximum Gasteiger partial charge on any atom is 0.284 e. The first kappa shape index (κ1) is 13.8. The highest BCUT2D eigenvalue weighted by Gasteiger charge is 2.16. The molecule has 1 amide bonds. The van der Waals surface area contributed by atoms with Gasteiger partial charge in [-0.05, 0) is 38.5 Å². The summed E-state index contributed by atoms with van der Waals surface area (Å²) < 4.78 is 5.46. The maximum atomic E-state index is 11.5. The summed E-state index contributed by atoms with van der Waals surface area (Å²) in [6, 6.07) is 5.40. The summed E-state index contributed by atoms with van der Waals surface area (Å²) in [4.78, 5) is 16.3. The van der Waals surface area contributed by atoms with Crippen molar-refractivity contribution < 1.29 is 14.4 Å². The topological polar surface area (TPSA) is 47.6 Å². The number of carbonyl (C=O) groups excluding carboxylic acids is 1. The summed E-state index contributed by atoms with van der Waals surface area (Å²) in [5.74, 6) is 0.148. The average molecular weight is 258 g/mol. The van der Waals surface area contributed by atoms with E-state index in [0.29, 0.717) is 17.4 Å². The van der Waals surface area contributed by atoms with Crippen LogP contribution in [0.3, 0.4) is 0 Å². The molecule has 1 rings (SSSR count). The summed E-state index contributed by atoms with van der Waals surface area (Å²) in [5.41, 5.74) is 3.29. The van der Waals surface area contributed by atoms with E-state index in [4.69, 9.17) is 21.2 Å². The zero-order valence-electron chi connectivity index (χ0n) is 10.1. The Morgan fingerprint density at radius 2 is 2.24 bits per heavy atom. The van der Waals surface area contributed by atoms with Gasteiger partial charge in [0.1, 0.15) is 5.75 Å². The minimum atomic E-state index is -0.666. The van der Waals surface area contributed by atoms with Gasteiger partial charge in [0.05, 0.1) is 11.6 Å². The van der Waals surface area contributed by atoms with Crippen molar-refractivity contribution in [1.82, 2.24) is 5.48 Å². The quantitative estimate of drug-likeness (QED) is 0.825. The highest BCUT2D eigenvalue weighted by Crippen LogP contribution is 2.26. The molecule has 17 heavy (non-hydrogen) atoms. The lowest BCUT2D eigenvalue weighted by atomic mass is 10.2.